The van der Waals surface area contributed by atoms with Crippen molar-refractivity contribution in [3.63, 3.8) is 0 Å². The van der Waals surface area contributed by atoms with E-state index in [9.17, 15) is 0 Å². The SMILES string of the molecule is C=CCC[N-][Si](C)(C)[c-]1cc(CCCCCCOC(C)(C)C)c2ccccc21.CC(C)(C)OCCCCCC[N-][Si](C)(C)[c-]1cc(Cc2ccccc2)c2ccccc21.CC(C)(C)OCCCCCCc1c[c-]([Si](C)(C)[N-]c2ccccc2)c2ccccc12.CC(C)(C)[N-]C(C)(C)[c-]1cc(CCCCCCOC(C)(C)C)c2ccccc21.[Cl][Ti][Cl].[Cl][Ti][Cl].[Cl][Ti][Cl].[Cl][Ti][Cl]. The van der Waals surface area contributed by atoms with E-state index in [1.54, 1.807) is 0 Å². The van der Waals surface area contributed by atoms with Crippen molar-refractivity contribution in [2.75, 3.05) is 39.5 Å². The fourth-order valence-corrected chi connectivity index (χ4v) is 22.9. The van der Waals surface area contributed by atoms with Crippen LogP contribution in [0.1, 0.15) is 260 Å². The Kier molecular flexibility index (Phi) is 60.8. The van der Waals surface area contributed by atoms with Gasteiger partial charge in [0.2, 0.25) is 0 Å². The monoisotopic (exact) mass is 2100 g/mol. The molecule has 0 amide bonds. The molecule has 0 saturated carbocycles. The molecule has 0 saturated heterocycles. The van der Waals surface area contributed by atoms with Crippen LogP contribution in [0.5, 0.6) is 0 Å². The summed E-state index contributed by atoms with van der Waals surface area (Å²) < 4.78 is 23.3. The van der Waals surface area contributed by atoms with E-state index < -0.39 is 92.8 Å². The Labute approximate surface area is 854 Å². The average Bonchev–Trinajstić information content (AvgIpc) is 1.65. The molecule has 0 aromatic heterocycles. The number of nitrogens with zero attached hydrogens (tertiary/aromatic N) is 4. The molecule has 0 aliphatic rings. The summed E-state index contributed by atoms with van der Waals surface area (Å²) in [6.45, 7) is 60.0. The quantitative estimate of drug-likeness (QED) is 0.0165. The van der Waals surface area contributed by atoms with E-state index in [0.717, 1.165) is 103 Å². The molecule has 0 aliphatic heterocycles. The predicted octanol–water partition coefficient (Wildman–Crippen LogP) is 35.1. The Bertz CT molecular complexity index is 4610. The van der Waals surface area contributed by atoms with Gasteiger partial charge < -0.3 is 39.2 Å². The summed E-state index contributed by atoms with van der Waals surface area (Å²) in [7, 11) is 33.5. The van der Waals surface area contributed by atoms with Gasteiger partial charge in [0.25, 0.3) is 0 Å². The van der Waals surface area contributed by atoms with Crippen LogP contribution in [-0.2, 0) is 118 Å². The van der Waals surface area contributed by atoms with Gasteiger partial charge in [0, 0.05) is 26.4 Å². The maximum absolute atomic E-state index is 5.84. The van der Waals surface area contributed by atoms with E-state index in [0.29, 0.717) is 0 Å². The third-order valence-electron chi connectivity index (χ3n) is 21.7. The zero-order valence-electron chi connectivity index (χ0n) is 82.6. The Morgan fingerprint density at radius 1 is 0.333 bits per heavy atom. The Morgan fingerprint density at radius 2 is 0.620 bits per heavy atom. The number of hydrogen-bond acceptors (Lipinski definition) is 4. The van der Waals surface area contributed by atoms with Crippen LogP contribution in [-0.4, -0.2) is 92.2 Å². The summed E-state index contributed by atoms with van der Waals surface area (Å²) in [6.07, 6.45) is 26.9. The summed E-state index contributed by atoms with van der Waals surface area (Å²) in [6, 6.07) is 66.6. The fraction of sp³-hybridized carbons (Fsp3) is 0.528. The zero-order chi connectivity index (χ0) is 96.4. The van der Waals surface area contributed by atoms with Gasteiger partial charge in [-0.05, 0) is 115 Å². The molecule has 23 heteroatoms. The number of ether oxygens (including phenoxy) is 4. The third-order valence-corrected chi connectivity index (χ3v) is 29.8. The van der Waals surface area contributed by atoms with Crippen molar-refractivity contribution in [3.05, 3.63) is 248 Å². The summed E-state index contributed by atoms with van der Waals surface area (Å²) in [5.74, 6) is 0. The van der Waals surface area contributed by atoms with Crippen LogP contribution < -0.4 is 15.6 Å². The van der Waals surface area contributed by atoms with Crippen LogP contribution in [0.15, 0.2) is 195 Å². The van der Waals surface area contributed by atoms with Crippen molar-refractivity contribution in [3.8, 4) is 0 Å². The second kappa shape index (κ2) is 64.2. The van der Waals surface area contributed by atoms with Gasteiger partial charge in [-0.2, -0.15) is 73.2 Å². The second-order valence-electron chi connectivity index (χ2n) is 40.0. The first kappa shape index (κ1) is 122. The molecule has 0 radical (unpaired) electrons. The topological polar surface area (TPSA) is 93.3 Å². The number of hydrogen-bond donors (Lipinski definition) is 0. The molecule has 0 aliphatic carbocycles. The van der Waals surface area contributed by atoms with Gasteiger partial charge >= 0.3 is 143 Å². The van der Waals surface area contributed by atoms with Crippen LogP contribution in [0.2, 0.25) is 39.3 Å². The molecule has 0 atom stereocenters. The molecule has 0 N–H and O–H groups in total. The Hall–Kier alpha value is -1.15. The van der Waals surface area contributed by atoms with E-state index in [1.807, 2.05) is 6.08 Å². The summed E-state index contributed by atoms with van der Waals surface area (Å²) >= 11 is -2.22. The first-order chi connectivity index (χ1) is 60.8. The van der Waals surface area contributed by atoms with E-state index in [2.05, 4.69) is 346 Å². The number of aryl methyl sites for hydroxylation is 3. The fourth-order valence-electron chi connectivity index (χ4n) is 16.1. The van der Waals surface area contributed by atoms with E-state index in [1.165, 1.54) is 169 Å². The van der Waals surface area contributed by atoms with Crippen molar-refractivity contribution in [2.45, 2.75) is 325 Å². The normalized spacial score (nSPS) is 12.0. The van der Waals surface area contributed by atoms with Crippen molar-refractivity contribution in [2.24, 2.45) is 0 Å². The molecule has 10 aromatic rings. The van der Waals surface area contributed by atoms with Crippen LogP contribution in [0.3, 0.4) is 0 Å². The predicted molar refractivity (Wildman–Crippen MR) is 570 cm³/mol. The Balaban J connectivity index is 0.000000425. The summed E-state index contributed by atoms with van der Waals surface area (Å²) in [5, 5.41) is 20.9. The zero-order valence-corrected chi connectivity index (χ0v) is 97.9. The van der Waals surface area contributed by atoms with Gasteiger partial charge in [-0.1, -0.05) is 298 Å². The number of rotatable bonds is 42. The average molecular weight is 2110 g/mol. The molecular formula is C106H156Cl8N4O4Si3Ti4-8. The number of benzene rings is 6. The number of fused-ring (bicyclic) bond motifs is 4. The molecule has 0 heterocycles. The Morgan fingerprint density at radius 3 is 0.977 bits per heavy atom. The molecule has 716 valence electrons. The molecule has 0 spiro atoms. The van der Waals surface area contributed by atoms with Gasteiger partial charge in [-0.3, -0.25) is 0 Å². The molecule has 10 aromatic carbocycles. The third kappa shape index (κ3) is 50.5. The van der Waals surface area contributed by atoms with Gasteiger partial charge in [0.05, 0.1) is 22.4 Å². The van der Waals surface area contributed by atoms with Gasteiger partial charge in [0.1, 0.15) is 0 Å². The van der Waals surface area contributed by atoms with E-state index in [-0.39, 0.29) is 33.5 Å². The minimum absolute atomic E-state index is 0.0159. The molecule has 0 bridgehead atoms. The molecule has 129 heavy (non-hydrogen) atoms. The van der Waals surface area contributed by atoms with Crippen LogP contribution >= 0.6 is 74.4 Å². The molecule has 10 rings (SSSR count). The summed E-state index contributed by atoms with van der Waals surface area (Å²) in [5.41, 5.74) is 9.46. The first-order valence-electron chi connectivity index (χ1n) is 46.5. The van der Waals surface area contributed by atoms with Crippen molar-refractivity contribution in [1.82, 2.24) is 0 Å². The van der Waals surface area contributed by atoms with Gasteiger partial charge in [-0.25, -0.2) is 0 Å². The molecular weight excluding hydrogens is 1950 g/mol. The van der Waals surface area contributed by atoms with Crippen molar-refractivity contribution < 1.29 is 87.1 Å². The van der Waals surface area contributed by atoms with Crippen molar-refractivity contribution in [1.29, 1.82) is 0 Å². The van der Waals surface area contributed by atoms with E-state index >= 15 is 0 Å². The van der Waals surface area contributed by atoms with Gasteiger partial charge in [0.15, 0.2) is 0 Å². The number of unbranched alkanes of at least 4 members (excludes halogenated alkanes) is 12. The van der Waals surface area contributed by atoms with Crippen LogP contribution in [0.4, 0.5) is 5.69 Å². The first-order valence-corrected chi connectivity index (χ1v) is 72.5. The minimum atomic E-state index is -1.94. The van der Waals surface area contributed by atoms with Crippen LogP contribution in [0, 0.1) is 0 Å². The van der Waals surface area contributed by atoms with Crippen LogP contribution in [0.25, 0.3) is 63.4 Å². The van der Waals surface area contributed by atoms with Gasteiger partial charge in [-0.15, -0.1) is 147 Å². The molecule has 8 nitrogen and oxygen atoms in total. The number of halogens is 8. The second-order valence-corrected chi connectivity index (χ2v) is 62.2. The van der Waals surface area contributed by atoms with Crippen molar-refractivity contribution >= 4 is 163 Å². The van der Waals surface area contributed by atoms with E-state index in [4.69, 9.17) is 114 Å². The molecule has 0 fully saturated rings. The maximum atomic E-state index is 5.84. The summed E-state index contributed by atoms with van der Waals surface area (Å²) in [4.78, 5) is 15.5. The standard InChI is InChI=1S/C28H39NOSi.C27H37NOSi.C26H41NO.C25H39NOSi.8ClH.4Ti/c1-28(2,3)30-20-14-7-6-13-19-29-31(4,5)27-22-24(21-23-15-9-8-10-16-23)25-17-11-12-18-26(25)27;1-27(2,3)29-20-14-7-6-9-15-22-21-26(25-19-13-12-18-24(22)25)30(4,5)28-23-16-10-8-11-17-23;1-24(2,3)27-26(7,8)23-19-20(21-16-12-13-17-22(21)23)15-11-9-10-14-18-28-25(4,5)6;1-7-8-18-26-28(5,6)24-20-21(22-16-12-13-17-23(22)24)15-11-9-10-14-19-27-25(2,3)4;;;;;;;;;;;;/h8-12,15-18,22H,6-7,13-14,19-21H2,1-5H3;8,10-13,16-19,21H,6-7,9,14-15,20H2,1-5H3;12-13,16-17,19H,9-11,14-15,18H2,1-8H3;7,12-13,16-17,20H,1,8-11,14-15,18-19H2,2-6H3;8*1H;;;;/q4*-2;;;;;;;;;4*+2/p-8. The molecule has 0 unspecified atom stereocenters.